The second-order valence-electron chi connectivity index (χ2n) is 7.28. The summed E-state index contributed by atoms with van der Waals surface area (Å²) in [7, 11) is -0.958. The molecule has 1 N–H and O–H groups in total. The monoisotopic (exact) mass is 484 g/mol. The normalized spacial score (nSPS) is 11.2. The van der Waals surface area contributed by atoms with Gasteiger partial charge in [-0.15, -0.1) is 0 Å². The molecule has 0 radical (unpaired) electrons. The van der Waals surface area contributed by atoms with E-state index < -0.39 is 15.9 Å². The predicted molar refractivity (Wildman–Crippen MR) is 130 cm³/mol. The summed E-state index contributed by atoms with van der Waals surface area (Å²) >= 11 is 0. The van der Waals surface area contributed by atoms with Crippen molar-refractivity contribution in [1.29, 1.82) is 0 Å². The largest absolute Gasteiger partial charge is 0.494 e. The number of anilines is 1. The molecule has 0 unspecified atom stereocenters. The highest BCUT2D eigenvalue weighted by Gasteiger charge is 2.27. The Morgan fingerprint density at radius 2 is 1.59 bits per heavy atom. The number of rotatable bonds is 11. The van der Waals surface area contributed by atoms with E-state index in [1.165, 1.54) is 26.4 Å². The Bertz CT molecular complexity index is 1200. The van der Waals surface area contributed by atoms with Gasteiger partial charge in [-0.1, -0.05) is 30.3 Å². The molecule has 9 heteroatoms. The summed E-state index contributed by atoms with van der Waals surface area (Å²) in [6.07, 6.45) is 0. The summed E-state index contributed by atoms with van der Waals surface area (Å²) in [5, 5.41) is 2.73. The standard InChI is InChI=1S/C25H28N2O6S/c1-4-33-21-11-13-22(14-12-21)34(29,30)27(17-19-8-6-5-7-9-19)18-25(28)26-20-10-15-23(31-2)24(16-20)32-3/h5-16H,4,17-18H2,1-3H3,(H,26,28). The van der Waals surface area contributed by atoms with E-state index in [0.717, 1.165) is 9.87 Å². The molecule has 0 aromatic heterocycles. The van der Waals surface area contributed by atoms with Crippen LogP contribution in [-0.4, -0.2) is 46.0 Å². The lowest BCUT2D eigenvalue weighted by Crippen LogP contribution is -2.37. The van der Waals surface area contributed by atoms with Gasteiger partial charge in [0.25, 0.3) is 0 Å². The summed E-state index contributed by atoms with van der Waals surface area (Å²) in [5.41, 5.74) is 1.22. The molecule has 3 rings (SSSR count). The van der Waals surface area contributed by atoms with E-state index in [1.54, 1.807) is 30.3 Å². The smallest absolute Gasteiger partial charge is 0.243 e. The Morgan fingerprint density at radius 3 is 2.21 bits per heavy atom. The summed E-state index contributed by atoms with van der Waals surface area (Å²) in [4.78, 5) is 12.9. The first-order valence-corrected chi connectivity index (χ1v) is 12.1. The Kier molecular flexibility index (Phi) is 8.50. The number of methoxy groups -OCH3 is 2. The lowest BCUT2D eigenvalue weighted by molar-refractivity contribution is -0.116. The van der Waals surface area contributed by atoms with Gasteiger partial charge in [-0.25, -0.2) is 8.42 Å². The third-order valence-corrected chi connectivity index (χ3v) is 6.77. The molecule has 0 aliphatic rings. The van der Waals surface area contributed by atoms with Gasteiger partial charge < -0.3 is 19.5 Å². The minimum absolute atomic E-state index is 0.0374. The Balaban J connectivity index is 1.84. The first kappa shape index (κ1) is 25.1. The number of benzene rings is 3. The highest BCUT2D eigenvalue weighted by Crippen LogP contribution is 2.30. The molecule has 0 heterocycles. The van der Waals surface area contributed by atoms with Crippen LogP contribution in [0.25, 0.3) is 0 Å². The van der Waals surface area contributed by atoms with E-state index in [-0.39, 0.29) is 18.0 Å². The van der Waals surface area contributed by atoms with E-state index in [2.05, 4.69) is 5.32 Å². The quantitative estimate of drug-likeness (QED) is 0.443. The van der Waals surface area contributed by atoms with Crippen molar-refractivity contribution < 1.29 is 27.4 Å². The molecular formula is C25H28N2O6S. The van der Waals surface area contributed by atoms with Gasteiger partial charge in [0.1, 0.15) is 5.75 Å². The number of carbonyl (C=O) groups excluding carboxylic acids is 1. The fourth-order valence-electron chi connectivity index (χ4n) is 3.31. The lowest BCUT2D eigenvalue weighted by Gasteiger charge is -2.22. The zero-order chi connectivity index (χ0) is 24.6. The van der Waals surface area contributed by atoms with Crippen LogP contribution in [0.5, 0.6) is 17.2 Å². The predicted octanol–water partition coefficient (Wildman–Crippen LogP) is 3.93. The molecule has 0 aliphatic heterocycles. The first-order chi connectivity index (χ1) is 16.4. The molecule has 0 atom stereocenters. The number of hydrogen-bond donors (Lipinski definition) is 1. The van der Waals surface area contributed by atoms with Gasteiger partial charge in [-0.3, -0.25) is 4.79 Å². The number of hydrogen-bond acceptors (Lipinski definition) is 6. The molecule has 0 saturated heterocycles. The van der Waals surface area contributed by atoms with E-state index in [4.69, 9.17) is 14.2 Å². The minimum Gasteiger partial charge on any atom is -0.494 e. The van der Waals surface area contributed by atoms with Crippen molar-refractivity contribution in [1.82, 2.24) is 4.31 Å². The summed E-state index contributed by atoms with van der Waals surface area (Å²) in [5.74, 6) is 1.05. The van der Waals surface area contributed by atoms with Gasteiger partial charge >= 0.3 is 0 Å². The van der Waals surface area contributed by atoms with Crippen molar-refractivity contribution in [3.8, 4) is 17.2 Å². The van der Waals surface area contributed by atoms with Crippen LogP contribution in [0.3, 0.4) is 0 Å². The van der Waals surface area contributed by atoms with Crippen molar-refractivity contribution in [3.63, 3.8) is 0 Å². The maximum Gasteiger partial charge on any atom is 0.243 e. The Hall–Kier alpha value is -3.56. The fraction of sp³-hybridized carbons (Fsp3) is 0.240. The Morgan fingerprint density at radius 1 is 0.912 bits per heavy atom. The van der Waals surface area contributed by atoms with Crippen molar-refractivity contribution in [2.75, 3.05) is 32.7 Å². The average molecular weight is 485 g/mol. The molecule has 0 bridgehead atoms. The molecule has 0 aliphatic carbocycles. The van der Waals surface area contributed by atoms with Crippen LogP contribution < -0.4 is 19.5 Å². The van der Waals surface area contributed by atoms with E-state index >= 15 is 0 Å². The fourth-order valence-corrected chi connectivity index (χ4v) is 4.70. The van der Waals surface area contributed by atoms with Gasteiger partial charge in [-0.2, -0.15) is 4.31 Å². The van der Waals surface area contributed by atoms with Crippen LogP contribution in [-0.2, 0) is 21.4 Å². The lowest BCUT2D eigenvalue weighted by atomic mass is 10.2. The summed E-state index contributed by atoms with van der Waals surface area (Å²) < 4.78 is 43.9. The Labute approximate surface area is 200 Å². The van der Waals surface area contributed by atoms with Crippen LogP contribution in [0.2, 0.25) is 0 Å². The zero-order valence-electron chi connectivity index (χ0n) is 19.4. The molecule has 8 nitrogen and oxygen atoms in total. The minimum atomic E-state index is -3.97. The number of sulfonamides is 1. The van der Waals surface area contributed by atoms with Gasteiger partial charge in [0.2, 0.25) is 15.9 Å². The highest BCUT2D eigenvalue weighted by atomic mass is 32.2. The molecular weight excluding hydrogens is 456 g/mol. The van der Waals surface area contributed by atoms with E-state index in [0.29, 0.717) is 29.5 Å². The molecule has 0 fully saturated rings. The maximum absolute atomic E-state index is 13.4. The van der Waals surface area contributed by atoms with Crippen molar-refractivity contribution in [3.05, 3.63) is 78.4 Å². The number of amides is 1. The molecule has 3 aromatic rings. The zero-order valence-corrected chi connectivity index (χ0v) is 20.2. The number of carbonyl (C=O) groups is 1. The molecule has 180 valence electrons. The topological polar surface area (TPSA) is 94.2 Å². The first-order valence-electron chi connectivity index (χ1n) is 10.7. The molecule has 0 saturated carbocycles. The van der Waals surface area contributed by atoms with Crippen LogP contribution in [0.4, 0.5) is 5.69 Å². The summed E-state index contributed by atoms with van der Waals surface area (Å²) in [6.45, 7) is 1.99. The molecule has 3 aromatic carbocycles. The van der Waals surface area contributed by atoms with Gasteiger partial charge in [0, 0.05) is 18.3 Å². The van der Waals surface area contributed by atoms with E-state index in [1.807, 2.05) is 37.3 Å². The van der Waals surface area contributed by atoms with Crippen molar-refractivity contribution in [2.45, 2.75) is 18.4 Å². The number of ether oxygens (including phenoxy) is 3. The molecule has 1 amide bonds. The van der Waals surface area contributed by atoms with Crippen LogP contribution >= 0.6 is 0 Å². The van der Waals surface area contributed by atoms with Gasteiger partial charge in [0.15, 0.2) is 11.5 Å². The van der Waals surface area contributed by atoms with Gasteiger partial charge in [0.05, 0.1) is 32.3 Å². The average Bonchev–Trinajstić information content (AvgIpc) is 2.84. The maximum atomic E-state index is 13.4. The van der Waals surface area contributed by atoms with Crippen molar-refractivity contribution >= 4 is 21.6 Å². The van der Waals surface area contributed by atoms with E-state index in [9.17, 15) is 13.2 Å². The SMILES string of the molecule is CCOc1ccc(S(=O)(=O)N(CC(=O)Nc2ccc(OC)c(OC)c2)Cc2ccccc2)cc1. The second-order valence-corrected chi connectivity index (χ2v) is 9.22. The number of nitrogens with zero attached hydrogens (tertiary/aromatic N) is 1. The third-order valence-electron chi connectivity index (χ3n) is 4.96. The van der Waals surface area contributed by atoms with Crippen LogP contribution in [0.1, 0.15) is 12.5 Å². The van der Waals surface area contributed by atoms with Gasteiger partial charge in [-0.05, 0) is 48.9 Å². The highest BCUT2D eigenvalue weighted by molar-refractivity contribution is 7.89. The molecule has 34 heavy (non-hydrogen) atoms. The second kappa shape index (κ2) is 11.5. The number of nitrogens with one attached hydrogen (secondary N) is 1. The third kappa shape index (κ3) is 6.27. The van der Waals surface area contributed by atoms with Crippen LogP contribution in [0, 0.1) is 0 Å². The van der Waals surface area contributed by atoms with Crippen LogP contribution in [0.15, 0.2) is 77.7 Å². The van der Waals surface area contributed by atoms with Crippen molar-refractivity contribution in [2.24, 2.45) is 0 Å². The molecule has 0 spiro atoms. The summed E-state index contributed by atoms with van der Waals surface area (Å²) in [6, 6.07) is 20.2.